The average molecular weight is 226 g/mol. The maximum atomic E-state index is 11.8. The maximum absolute atomic E-state index is 11.8. The highest BCUT2D eigenvalue weighted by molar-refractivity contribution is 6.04. The zero-order valence-electron chi connectivity index (χ0n) is 8.96. The number of nitrogens with one attached hydrogen (secondary N) is 1. The molecule has 2 rings (SSSR count). The summed E-state index contributed by atoms with van der Waals surface area (Å²) in [5.41, 5.74) is 1.54. The van der Waals surface area contributed by atoms with Gasteiger partial charge in [-0.2, -0.15) is 0 Å². The molecule has 4 nitrogen and oxygen atoms in total. The summed E-state index contributed by atoms with van der Waals surface area (Å²) in [6, 6.07) is 9.99. The summed E-state index contributed by atoms with van der Waals surface area (Å²) in [6.07, 6.45) is 3.89. The first-order valence-electron chi connectivity index (χ1n) is 5.06. The van der Waals surface area contributed by atoms with Gasteiger partial charge in [0.1, 0.15) is 6.29 Å². The molecule has 0 fully saturated rings. The van der Waals surface area contributed by atoms with Gasteiger partial charge >= 0.3 is 0 Å². The highest BCUT2D eigenvalue weighted by Gasteiger charge is 2.06. The fraction of sp³-hybridized carbons (Fsp3) is 0. The van der Waals surface area contributed by atoms with E-state index in [-0.39, 0.29) is 5.91 Å². The molecule has 0 saturated heterocycles. The van der Waals surface area contributed by atoms with Crippen LogP contribution in [0.5, 0.6) is 0 Å². The molecule has 0 saturated carbocycles. The fourth-order valence-corrected chi connectivity index (χ4v) is 1.39. The Hall–Kier alpha value is -2.49. The predicted molar refractivity (Wildman–Crippen MR) is 64.0 cm³/mol. The van der Waals surface area contributed by atoms with E-state index < -0.39 is 0 Å². The Bertz CT molecular complexity index is 538. The van der Waals surface area contributed by atoms with Crippen LogP contribution >= 0.6 is 0 Å². The smallest absolute Gasteiger partial charge is 0.255 e. The lowest BCUT2D eigenvalue weighted by molar-refractivity contribution is 0.102. The van der Waals surface area contributed by atoms with Crippen molar-refractivity contribution in [1.29, 1.82) is 0 Å². The Morgan fingerprint density at radius 2 is 2.12 bits per heavy atom. The van der Waals surface area contributed by atoms with Crippen molar-refractivity contribution in [2.75, 3.05) is 5.32 Å². The van der Waals surface area contributed by atoms with E-state index in [1.54, 1.807) is 48.8 Å². The van der Waals surface area contributed by atoms with E-state index in [0.717, 1.165) is 0 Å². The van der Waals surface area contributed by atoms with Crippen LogP contribution in [-0.4, -0.2) is 17.2 Å². The molecule has 1 aromatic carbocycles. The summed E-state index contributed by atoms with van der Waals surface area (Å²) in [7, 11) is 0. The number of carbonyl (C=O) groups is 2. The first-order valence-corrected chi connectivity index (χ1v) is 5.06. The first-order chi connectivity index (χ1) is 8.29. The average Bonchev–Trinajstić information content (AvgIpc) is 2.40. The number of amides is 1. The molecule has 1 aromatic heterocycles. The lowest BCUT2D eigenvalue weighted by Crippen LogP contribution is -2.12. The third-order valence-electron chi connectivity index (χ3n) is 2.20. The Balaban J connectivity index is 2.17. The number of hydrogen-bond acceptors (Lipinski definition) is 3. The molecule has 0 aliphatic heterocycles. The van der Waals surface area contributed by atoms with Crippen molar-refractivity contribution in [2.45, 2.75) is 0 Å². The van der Waals surface area contributed by atoms with Crippen molar-refractivity contribution >= 4 is 17.9 Å². The highest BCUT2D eigenvalue weighted by atomic mass is 16.1. The van der Waals surface area contributed by atoms with Crippen molar-refractivity contribution in [1.82, 2.24) is 4.98 Å². The summed E-state index contributed by atoms with van der Waals surface area (Å²) < 4.78 is 0. The van der Waals surface area contributed by atoms with E-state index in [1.807, 2.05) is 0 Å². The van der Waals surface area contributed by atoms with Gasteiger partial charge in [-0.1, -0.05) is 12.1 Å². The van der Waals surface area contributed by atoms with Gasteiger partial charge in [-0.05, 0) is 24.3 Å². The molecule has 1 amide bonds. The number of pyridine rings is 1. The maximum Gasteiger partial charge on any atom is 0.255 e. The molecule has 0 atom stereocenters. The Morgan fingerprint density at radius 1 is 1.24 bits per heavy atom. The van der Waals surface area contributed by atoms with Crippen LogP contribution in [0, 0.1) is 0 Å². The SMILES string of the molecule is O=Cc1cccc(C(=O)Nc2cccnc2)c1. The summed E-state index contributed by atoms with van der Waals surface area (Å²) in [6.45, 7) is 0. The zero-order valence-corrected chi connectivity index (χ0v) is 8.96. The Kier molecular flexibility index (Phi) is 3.25. The van der Waals surface area contributed by atoms with E-state index in [1.165, 1.54) is 0 Å². The molecule has 0 unspecified atom stereocenters. The monoisotopic (exact) mass is 226 g/mol. The van der Waals surface area contributed by atoms with Crippen LogP contribution in [0.25, 0.3) is 0 Å². The van der Waals surface area contributed by atoms with Gasteiger partial charge in [-0.3, -0.25) is 14.6 Å². The zero-order chi connectivity index (χ0) is 12.1. The van der Waals surface area contributed by atoms with Crippen molar-refractivity contribution in [3.05, 3.63) is 59.9 Å². The van der Waals surface area contributed by atoms with Crippen LogP contribution in [0.2, 0.25) is 0 Å². The van der Waals surface area contributed by atoms with Crippen LogP contribution in [-0.2, 0) is 0 Å². The van der Waals surface area contributed by atoms with Gasteiger partial charge in [0.15, 0.2) is 0 Å². The quantitative estimate of drug-likeness (QED) is 0.816. The van der Waals surface area contributed by atoms with Crippen molar-refractivity contribution in [3.8, 4) is 0 Å². The molecule has 2 aromatic rings. The second-order valence-electron chi connectivity index (χ2n) is 3.44. The first kappa shape index (κ1) is 11.0. The summed E-state index contributed by atoms with van der Waals surface area (Å²) >= 11 is 0. The number of nitrogens with zero attached hydrogens (tertiary/aromatic N) is 1. The molecular weight excluding hydrogens is 216 g/mol. The molecule has 0 aliphatic carbocycles. The van der Waals surface area contributed by atoms with E-state index >= 15 is 0 Å². The molecular formula is C13H10N2O2. The number of hydrogen-bond donors (Lipinski definition) is 1. The third-order valence-corrected chi connectivity index (χ3v) is 2.20. The van der Waals surface area contributed by atoms with Crippen molar-refractivity contribution in [3.63, 3.8) is 0 Å². The van der Waals surface area contributed by atoms with Gasteiger partial charge in [0.25, 0.3) is 5.91 Å². The second-order valence-corrected chi connectivity index (χ2v) is 3.44. The van der Waals surface area contributed by atoms with Crippen LogP contribution in [0.3, 0.4) is 0 Å². The van der Waals surface area contributed by atoms with Gasteiger partial charge in [-0.25, -0.2) is 0 Å². The molecule has 4 heteroatoms. The van der Waals surface area contributed by atoms with E-state index in [0.29, 0.717) is 23.1 Å². The van der Waals surface area contributed by atoms with Crippen molar-refractivity contribution in [2.24, 2.45) is 0 Å². The highest BCUT2D eigenvalue weighted by Crippen LogP contribution is 2.08. The summed E-state index contributed by atoms with van der Waals surface area (Å²) in [5, 5.41) is 2.69. The minimum atomic E-state index is -0.262. The summed E-state index contributed by atoms with van der Waals surface area (Å²) in [4.78, 5) is 26.3. The Labute approximate surface area is 98.3 Å². The van der Waals surface area contributed by atoms with Gasteiger partial charge in [0, 0.05) is 17.3 Å². The minimum Gasteiger partial charge on any atom is -0.321 e. The largest absolute Gasteiger partial charge is 0.321 e. The molecule has 0 bridgehead atoms. The molecule has 84 valence electrons. The van der Waals surface area contributed by atoms with Crippen LogP contribution in [0.4, 0.5) is 5.69 Å². The summed E-state index contributed by atoms with van der Waals surface area (Å²) in [5.74, 6) is -0.262. The normalized spacial score (nSPS) is 9.65. The van der Waals surface area contributed by atoms with Crippen molar-refractivity contribution < 1.29 is 9.59 Å². The number of carbonyl (C=O) groups excluding carboxylic acids is 2. The Morgan fingerprint density at radius 3 is 2.82 bits per heavy atom. The number of anilines is 1. The van der Waals surface area contributed by atoms with Crippen LogP contribution < -0.4 is 5.32 Å². The number of aldehydes is 1. The standard InChI is InChI=1S/C13H10N2O2/c16-9-10-3-1-4-11(7-10)13(17)15-12-5-2-6-14-8-12/h1-9H,(H,15,17). The van der Waals surface area contributed by atoms with Gasteiger partial charge < -0.3 is 5.32 Å². The number of rotatable bonds is 3. The number of benzene rings is 1. The van der Waals surface area contributed by atoms with Crippen LogP contribution in [0.15, 0.2) is 48.8 Å². The molecule has 17 heavy (non-hydrogen) atoms. The van der Waals surface area contributed by atoms with Gasteiger partial charge in [-0.15, -0.1) is 0 Å². The van der Waals surface area contributed by atoms with E-state index in [2.05, 4.69) is 10.3 Å². The van der Waals surface area contributed by atoms with E-state index in [9.17, 15) is 9.59 Å². The fourth-order valence-electron chi connectivity index (χ4n) is 1.39. The third kappa shape index (κ3) is 2.75. The predicted octanol–water partition coefficient (Wildman–Crippen LogP) is 2.15. The van der Waals surface area contributed by atoms with Gasteiger partial charge in [0.2, 0.25) is 0 Å². The second kappa shape index (κ2) is 5.03. The lowest BCUT2D eigenvalue weighted by Gasteiger charge is -2.04. The molecule has 1 heterocycles. The molecule has 0 aliphatic rings. The number of aromatic nitrogens is 1. The topological polar surface area (TPSA) is 59.1 Å². The minimum absolute atomic E-state index is 0.262. The van der Waals surface area contributed by atoms with Gasteiger partial charge in [0.05, 0.1) is 11.9 Å². The molecule has 0 radical (unpaired) electrons. The lowest BCUT2D eigenvalue weighted by atomic mass is 10.1. The molecule has 1 N–H and O–H groups in total. The van der Waals surface area contributed by atoms with Crippen LogP contribution in [0.1, 0.15) is 20.7 Å². The molecule has 0 spiro atoms. The van der Waals surface area contributed by atoms with E-state index in [4.69, 9.17) is 0 Å².